The third-order valence-corrected chi connectivity index (χ3v) is 4.32. The van der Waals surface area contributed by atoms with Crippen LogP contribution in [0.4, 0.5) is 0 Å². The molecule has 1 saturated heterocycles. The second-order valence-electron chi connectivity index (χ2n) is 6.04. The Balaban J connectivity index is 0.000000162. The van der Waals surface area contributed by atoms with Crippen molar-refractivity contribution >= 4 is 28.1 Å². The molecule has 0 radical (unpaired) electrons. The van der Waals surface area contributed by atoms with Gasteiger partial charge in [0, 0.05) is 34.9 Å². The standard InChI is InChI=1S/C13H9NO.C7H15NO/c15-8-9-4-3-6-11-10-5-1-2-7-12(10)14-13(9)11;1-2-3-7-6-8-4-5-9-7/h1-8,14H;7-8H,2-6H2,1H3. The Kier molecular flexibility index (Phi) is 5.62. The minimum atomic E-state index is 0.490. The molecule has 1 atom stereocenters. The van der Waals surface area contributed by atoms with Gasteiger partial charge in [-0.3, -0.25) is 4.79 Å². The van der Waals surface area contributed by atoms with E-state index in [2.05, 4.69) is 23.3 Å². The minimum absolute atomic E-state index is 0.490. The molecule has 2 N–H and O–H groups in total. The van der Waals surface area contributed by atoms with E-state index in [-0.39, 0.29) is 0 Å². The van der Waals surface area contributed by atoms with E-state index in [4.69, 9.17) is 4.74 Å². The Hall–Kier alpha value is -2.17. The van der Waals surface area contributed by atoms with Crippen molar-refractivity contribution in [2.45, 2.75) is 25.9 Å². The lowest BCUT2D eigenvalue weighted by atomic mass is 10.1. The first-order valence-corrected chi connectivity index (χ1v) is 8.60. The number of nitrogens with one attached hydrogen (secondary N) is 2. The highest BCUT2D eigenvalue weighted by Crippen LogP contribution is 2.26. The first-order valence-electron chi connectivity index (χ1n) is 8.60. The van der Waals surface area contributed by atoms with Gasteiger partial charge in [-0.1, -0.05) is 43.7 Å². The van der Waals surface area contributed by atoms with Crippen LogP contribution in [-0.4, -0.2) is 37.1 Å². The number of aromatic nitrogens is 1. The van der Waals surface area contributed by atoms with Crippen LogP contribution < -0.4 is 5.32 Å². The monoisotopic (exact) mass is 324 g/mol. The third-order valence-electron chi connectivity index (χ3n) is 4.32. The maximum atomic E-state index is 10.9. The zero-order chi connectivity index (χ0) is 16.8. The lowest BCUT2D eigenvalue weighted by Crippen LogP contribution is -2.38. The van der Waals surface area contributed by atoms with Crippen molar-refractivity contribution in [3.05, 3.63) is 48.0 Å². The summed E-state index contributed by atoms with van der Waals surface area (Å²) in [6.45, 7) is 5.16. The molecule has 1 fully saturated rings. The summed E-state index contributed by atoms with van der Waals surface area (Å²) in [7, 11) is 0. The molecule has 126 valence electrons. The van der Waals surface area contributed by atoms with E-state index in [1.807, 2.05) is 36.4 Å². The van der Waals surface area contributed by atoms with Crippen LogP contribution in [-0.2, 0) is 4.74 Å². The molecule has 3 aromatic rings. The topological polar surface area (TPSA) is 54.1 Å². The first-order chi connectivity index (χ1) is 11.8. The van der Waals surface area contributed by atoms with Crippen LogP contribution in [0.3, 0.4) is 0 Å². The molecule has 0 saturated carbocycles. The molecule has 1 aliphatic heterocycles. The van der Waals surface area contributed by atoms with Crippen molar-refractivity contribution in [3.8, 4) is 0 Å². The molecular formula is C20H24N2O2. The molecule has 4 nitrogen and oxygen atoms in total. The van der Waals surface area contributed by atoms with Crippen LogP contribution in [0.1, 0.15) is 30.1 Å². The fraction of sp³-hybridized carbons (Fsp3) is 0.350. The molecule has 0 bridgehead atoms. The van der Waals surface area contributed by atoms with Gasteiger partial charge in [-0.2, -0.15) is 0 Å². The van der Waals surface area contributed by atoms with E-state index < -0.39 is 0 Å². The molecule has 1 aromatic heterocycles. The summed E-state index contributed by atoms with van der Waals surface area (Å²) in [5, 5.41) is 5.56. The summed E-state index contributed by atoms with van der Waals surface area (Å²) in [5.74, 6) is 0. The van der Waals surface area contributed by atoms with Gasteiger partial charge >= 0.3 is 0 Å². The van der Waals surface area contributed by atoms with Crippen LogP contribution in [0.25, 0.3) is 21.8 Å². The van der Waals surface area contributed by atoms with Crippen LogP contribution in [0.5, 0.6) is 0 Å². The lowest BCUT2D eigenvalue weighted by molar-refractivity contribution is 0.0232. The smallest absolute Gasteiger partial charge is 0.152 e. The molecule has 4 heteroatoms. The van der Waals surface area contributed by atoms with E-state index in [0.29, 0.717) is 11.7 Å². The highest BCUT2D eigenvalue weighted by atomic mass is 16.5. The summed E-state index contributed by atoms with van der Waals surface area (Å²) >= 11 is 0. The number of aldehydes is 1. The number of aromatic amines is 1. The fourth-order valence-corrected chi connectivity index (χ4v) is 3.12. The van der Waals surface area contributed by atoms with E-state index in [1.54, 1.807) is 0 Å². The predicted octanol–water partition coefficient (Wildman–Crippen LogP) is 3.91. The van der Waals surface area contributed by atoms with E-state index in [1.165, 1.54) is 12.8 Å². The zero-order valence-electron chi connectivity index (χ0n) is 14.0. The largest absolute Gasteiger partial charge is 0.376 e. The van der Waals surface area contributed by atoms with Gasteiger partial charge in [-0.15, -0.1) is 0 Å². The highest BCUT2D eigenvalue weighted by molar-refractivity contribution is 6.11. The van der Waals surface area contributed by atoms with Crippen LogP contribution in [0.15, 0.2) is 42.5 Å². The number of H-pyrrole nitrogens is 1. The summed E-state index contributed by atoms with van der Waals surface area (Å²) in [4.78, 5) is 14.1. The Labute approximate surface area is 142 Å². The Morgan fingerprint density at radius 2 is 2.00 bits per heavy atom. The first kappa shape index (κ1) is 16.7. The van der Waals surface area contributed by atoms with Crippen LogP contribution in [0, 0.1) is 0 Å². The normalized spacial score (nSPS) is 17.5. The number of rotatable bonds is 3. The van der Waals surface area contributed by atoms with Gasteiger partial charge in [0.1, 0.15) is 0 Å². The van der Waals surface area contributed by atoms with Crippen molar-refractivity contribution in [1.82, 2.24) is 10.3 Å². The van der Waals surface area contributed by atoms with Gasteiger partial charge in [0.2, 0.25) is 0 Å². The summed E-state index contributed by atoms with van der Waals surface area (Å²) in [6.07, 6.45) is 3.81. The van der Waals surface area contributed by atoms with Gasteiger partial charge < -0.3 is 15.0 Å². The average molecular weight is 324 g/mol. The molecule has 4 rings (SSSR count). The molecule has 0 spiro atoms. The number of hydrogen-bond donors (Lipinski definition) is 2. The van der Waals surface area contributed by atoms with Crippen molar-refractivity contribution < 1.29 is 9.53 Å². The highest BCUT2D eigenvalue weighted by Gasteiger charge is 2.10. The number of carbonyl (C=O) groups excluding carboxylic acids is 1. The molecule has 1 unspecified atom stereocenters. The van der Waals surface area contributed by atoms with Crippen molar-refractivity contribution in [2.24, 2.45) is 0 Å². The Morgan fingerprint density at radius 3 is 2.75 bits per heavy atom. The van der Waals surface area contributed by atoms with Gasteiger partial charge in [-0.05, 0) is 18.6 Å². The number of carbonyl (C=O) groups is 1. The van der Waals surface area contributed by atoms with E-state index in [0.717, 1.165) is 47.8 Å². The molecule has 2 heterocycles. The number of benzene rings is 2. The van der Waals surface area contributed by atoms with Crippen LogP contribution in [0.2, 0.25) is 0 Å². The summed E-state index contributed by atoms with van der Waals surface area (Å²) < 4.78 is 5.46. The summed E-state index contributed by atoms with van der Waals surface area (Å²) in [5.41, 5.74) is 2.71. The quantitative estimate of drug-likeness (QED) is 0.718. The molecule has 24 heavy (non-hydrogen) atoms. The van der Waals surface area contributed by atoms with Crippen molar-refractivity contribution in [1.29, 1.82) is 0 Å². The van der Waals surface area contributed by atoms with Gasteiger partial charge in [0.05, 0.1) is 18.2 Å². The SMILES string of the molecule is CCCC1CNCCO1.O=Cc1cccc2c1[nH]c1ccccc12. The number of morpholine rings is 1. The molecule has 1 aliphatic rings. The number of fused-ring (bicyclic) bond motifs is 3. The minimum Gasteiger partial charge on any atom is -0.376 e. The molecule has 2 aromatic carbocycles. The van der Waals surface area contributed by atoms with Crippen LogP contribution >= 0.6 is 0 Å². The van der Waals surface area contributed by atoms with E-state index in [9.17, 15) is 4.79 Å². The fourth-order valence-electron chi connectivity index (χ4n) is 3.12. The average Bonchev–Trinajstić information content (AvgIpc) is 3.02. The Morgan fingerprint density at radius 1 is 1.17 bits per heavy atom. The summed E-state index contributed by atoms with van der Waals surface area (Å²) in [6, 6.07) is 13.8. The molecular weight excluding hydrogens is 300 g/mol. The van der Waals surface area contributed by atoms with E-state index >= 15 is 0 Å². The lowest BCUT2D eigenvalue weighted by Gasteiger charge is -2.22. The molecule has 0 aliphatic carbocycles. The second kappa shape index (κ2) is 8.08. The zero-order valence-corrected chi connectivity index (χ0v) is 14.0. The number of ether oxygens (including phenoxy) is 1. The van der Waals surface area contributed by atoms with Crippen molar-refractivity contribution in [2.75, 3.05) is 19.7 Å². The maximum absolute atomic E-state index is 10.9. The molecule has 0 amide bonds. The van der Waals surface area contributed by atoms with Gasteiger partial charge in [0.25, 0.3) is 0 Å². The maximum Gasteiger partial charge on any atom is 0.152 e. The second-order valence-corrected chi connectivity index (χ2v) is 6.04. The predicted molar refractivity (Wildman–Crippen MR) is 98.7 cm³/mol. The van der Waals surface area contributed by atoms with Gasteiger partial charge in [-0.25, -0.2) is 0 Å². The van der Waals surface area contributed by atoms with Crippen molar-refractivity contribution in [3.63, 3.8) is 0 Å². The number of hydrogen-bond acceptors (Lipinski definition) is 3. The Bertz CT molecular complexity index is 801. The third kappa shape index (κ3) is 3.66. The number of para-hydroxylation sites is 2. The van der Waals surface area contributed by atoms with Gasteiger partial charge in [0.15, 0.2) is 6.29 Å².